The van der Waals surface area contributed by atoms with Crippen LogP contribution in [0.15, 0.2) is 40.9 Å². The smallest absolute Gasteiger partial charge is 0.124 e. The van der Waals surface area contributed by atoms with E-state index in [1.54, 1.807) is 6.07 Å². The van der Waals surface area contributed by atoms with Gasteiger partial charge in [0, 0.05) is 15.5 Å². The number of nitrogens with two attached hydrogens (primary N) is 1. The van der Waals surface area contributed by atoms with Crippen LogP contribution in [-0.4, -0.2) is 0 Å². The van der Waals surface area contributed by atoms with Gasteiger partial charge in [0.1, 0.15) is 5.82 Å². The Labute approximate surface area is 125 Å². The van der Waals surface area contributed by atoms with Gasteiger partial charge in [-0.25, -0.2) is 4.39 Å². The van der Waals surface area contributed by atoms with E-state index in [0.717, 1.165) is 21.2 Å². The van der Waals surface area contributed by atoms with Crippen molar-refractivity contribution in [2.24, 2.45) is 5.73 Å². The minimum Gasteiger partial charge on any atom is -0.324 e. The maximum Gasteiger partial charge on any atom is 0.124 e. The van der Waals surface area contributed by atoms with Gasteiger partial charge in [0.05, 0.1) is 0 Å². The van der Waals surface area contributed by atoms with Crippen molar-refractivity contribution in [3.8, 4) is 0 Å². The molecule has 2 rings (SSSR count). The fourth-order valence-corrected chi connectivity index (χ4v) is 2.75. The minimum absolute atomic E-state index is 0.166. The molecule has 0 radical (unpaired) electrons. The molecule has 0 spiro atoms. The molecule has 0 saturated heterocycles. The molecule has 0 heterocycles. The van der Waals surface area contributed by atoms with Crippen molar-refractivity contribution in [2.75, 3.05) is 0 Å². The second-order valence-electron chi connectivity index (χ2n) is 4.50. The lowest BCUT2D eigenvalue weighted by molar-refractivity contribution is 0.624. The Morgan fingerprint density at radius 2 is 2.05 bits per heavy atom. The molecule has 0 amide bonds. The molecular formula is C15H14BrClFN. The average molecular weight is 343 g/mol. The molecule has 2 N–H and O–H groups in total. The van der Waals surface area contributed by atoms with E-state index >= 15 is 0 Å². The molecule has 0 aliphatic heterocycles. The summed E-state index contributed by atoms with van der Waals surface area (Å²) >= 11 is 9.46. The summed E-state index contributed by atoms with van der Waals surface area (Å²) in [6.45, 7) is 1.96. The summed E-state index contributed by atoms with van der Waals surface area (Å²) in [5, 5.41) is 0.714. The molecule has 2 aromatic rings. The summed E-state index contributed by atoms with van der Waals surface area (Å²) in [5.74, 6) is -0.261. The molecule has 1 atom stereocenters. The standard InChI is InChI=1S/C15H14BrClFN/c1-9-12(3-2-4-14(9)17)15(19)7-10-5-6-11(18)8-13(10)16/h2-6,8,15H,7,19H2,1H3. The molecule has 100 valence electrons. The highest BCUT2D eigenvalue weighted by atomic mass is 79.9. The largest absolute Gasteiger partial charge is 0.324 e. The van der Waals surface area contributed by atoms with Gasteiger partial charge < -0.3 is 5.73 Å². The van der Waals surface area contributed by atoms with Gasteiger partial charge in [-0.15, -0.1) is 0 Å². The SMILES string of the molecule is Cc1c(Cl)cccc1C(N)Cc1ccc(F)cc1Br. The first kappa shape index (κ1) is 14.5. The summed E-state index contributed by atoms with van der Waals surface area (Å²) in [6.07, 6.45) is 0.627. The molecule has 0 aliphatic carbocycles. The summed E-state index contributed by atoms with van der Waals surface area (Å²) in [4.78, 5) is 0. The first-order chi connectivity index (χ1) is 8.99. The van der Waals surface area contributed by atoms with Crippen LogP contribution < -0.4 is 5.73 Å². The summed E-state index contributed by atoms with van der Waals surface area (Å²) in [6, 6.07) is 10.2. The fraction of sp³-hybridized carbons (Fsp3) is 0.200. The maximum absolute atomic E-state index is 13.0. The summed E-state index contributed by atoms with van der Waals surface area (Å²) in [7, 11) is 0. The van der Waals surface area contributed by atoms with E-state index in [1.807, 2.05) is 25.1 Å². The van der Waals surface area contributed by atoms with Crippen molar-refractivity contribution in [1.29, 1.82) is 0 Å². The molecule has 4 heteroatoms. The summed E-state index contributed by atoms with van der Waals surface area (Å²) < 4.78 is 13.8. The highest BCUT2D eigenvalue weighted by Gasteiger charge is 2.13. The third-order valence-corrected chi connectivity index (χ3v) is 4.31. The Bertz CT molecular complexity index is 601. The number of hydrogen-bond acceptors (Lipinski definition) is 1. The molecule has 0 fully saturated rings. The first-order valence-corrected chi connectivity index (χ1v) is 7.10. The zero-order chi connectivity index (χ0) is 14.0. The van der Waals surface area contributed by atoms with Crippen LogP contribution in [0.1, 0.15) is 22.7 Å². The van der Waals surface area contributed by atoms with Crippen LogP contribution in [0, 0.1) is 12.7 Å². The Morgan fingerprint density at radius 3 is 2.74 bits per heavy atom. The number of rotatable bonds is 3. The van der Waals surface area contributed by atoms with Gasteiger partial charge in [0.15, 0.2) is 0 Å². The lowest BCUT2D eigenvalue weighted by Crippen LogP contribution is -2.15. The highest BCUT2D eigenvalue weighted by molar-refractivity contribution is 9.10. The monoisotopic (exact) mass is 341 g/mol. The zero-order valence-corrected chi connectivity index (χ0v) is 12.8. The minimum atomic E-state index is -0.261. The van der Waals surface area contributed by atoms with Crippen molar-refractivity contribution in [3.05, 3.63) is 68.4 Å². The van der Waals surface area contributed by atoms with E-state index in [9.17, 15) is 4.39 Å². The lowest BCUT2D eigenvalue weighted by Gasteiger charge is -2.16. The molecular weight excluding hydrogens is 329 g/mol. The van der Waals surface area contributed by atoms with Crippen LogP contribution in [0.2, 0.25) is 5.02 Å². The van der Waals surface area contributed by atoms with Gasteiger partial charge >= 0.3 is 0 Å². The van der Waals surface area contributed by atoms with Gasteiger partial charge in [0.25, 0.3) is 0 Å². The van der Waals surface area contributed by atoms with Crippen LogP contribution in [0.3, 0.4) is 0 Å². The molecule has 0 bridgehead atoms. The van der Waals surface area contributed by atoms with Crippen LogP contribution in [-0.2, 0) is 6.42 Å². The van der Waals surface area contributed by atoms with E-state index in [1.165, 1.54) is 12.1 Å². The quantitative estimate of drug-likeness (QED) is 0.852. The van der Waals surface area contributed by atoms with Gasteiger partial charge in [-0.2, -0.15) is 0 Å². The van der Waals surface area contributed by atoms with Crippen LogP contribution in [0.25, 0.3) is 0 Å². The second-order valence-corrected chi connectivity index (χ2v) is 5.76. The predicted octanol–water partition coefficient (Wildman–Crippen LogP) is 4.79. The average Bonchev–Trinajstić information content (AvgIpc) is 2.36. The Morgan fingerprint density at radius 1 is 1.32 bits per heavy atom. The molecule has 0 saturated carbocycles. The molecule has 1 nitrogen and oxygen atoms in total. The maximum atomic E-state index is 13.0. The van der Waals surface area contributed by atoms with E-state index in [2.05, 4.69) is 15.9 Å². The van der Waals surface area contributed by atoms with Crippen molar-refractivity contribution in [2.45, 2.75) is 19.4 Å². The van der Waals surface area contributed by atoms with E-state index in [-0.39, 0.29) is 11.9 Å². The zero-order valence-electron chi connectivity index (χ0n) is 10.5. The normalized spacial score (nSPS) is 12.5. The Hall–Kier alpha value is -0.900. The van der Waals surface area contributed by atoms with E-state index < -0.39 is 0 Å². The van der Waals surface area contributed by atoms with Gasteiger partial charge in [-0.1, -0.05) is 45.7 Å². The van der Waals surface area contributed by atoms with Gasteiger partial charge in [0.2, 0.25) is 0 Å². The molecule has 1 unspecified atom stereocenters. The van der Waals surface area contributed by atoms with Gasteiger partial charge in [-0.05, 0) is 48.2 Å². The van der Waals surface area contributed by atoms with Crippen LogP contribution >= 0.6 is 27.5 Å². The highest BCUT2D eigenvalue weighted by Crippen LogP contribution is 2.27. The molecule has 0 aliphatic rings. The third kappa shape index (κ3) is 3.35. The van der Waals surface area contributed by atoms with Crippen molar-refractivity contribution in [1.82, 2.24) is 0 Å². The molecule has 2 aromatic carbocycles. The van der Waals surface area contributed by atoms with E-state index in [4.69, 9.17) is 17.3 Å². The Balaban J connectivity index is 2.25. The fourth-order valence-electron chi connectivity index (χ4n) is 2.06. The first-order valence-electron chi connectivity index (χ1n) is 5.93. The van der Waals surface area contributed by atoms with E-state index in [0.29, 0.717) is 11.4 Å². The van der Waals surface area contributed by atoms with Gasteiger partial charge in [-0.3, -0.25) is 0 Å². The number of benzene rings is 2. The van der Waals surface area contributed by atoms with Crippen molar-refractivity contribution < 1.29 is 4.39 Å². The lowest BCUT2D eigenvalue weighted by atomic mass is 9.96. The summed E-state index contributed by atoms with van der Waals surface area (Å²) in [5.41, 5.74) is 9.22. The van der Waals surface area contributed by atoms with Crippen LogP contribution in [0.5, 0.6) is 0 Å². The Kier molecular flexibility index (Phi) is 4.61. The van der Waals surface area contributed by atoms with Crippen molar-refractivity contribution in [3.63, 3.8) is 0 Å². The number of hydrogen-bond donors (Lipinski definition) is 1. The number of halogens is 3. The molecule has 19 heavy (non-hydrogen) atoms. The predicted molar refractivity (Wildman–Crippen MR) is 80.9 cm³/mol. The van der Waals surface area contributed by atoms with Crippen LogP contribution in [0.4, 0.5) is 4.39 Å². The second kappa shape index (κ2) is 6.04. The third-order valence-electron chi connectivity index (χ3n) is 3.16. The topological polar surface area (TPSA) is 26.0 Å². The molecule has 0 aromatic heterocycles. The van der Waals surface area contributed by atoms with Crippen molar-refractivity contribution >= 4 is 27.5 Å².